The summed E-state index contributed by atoms with van der Waals surface area (Å²) in [5.41, 5.74) is 4.78. The summed E-state index contributed by atoms with van der Waals surface area (Å²) in [6.07, 6.45) is 1.06. The minimum atomic E-state index is -0.494. The third-order valence-electron chi connectivity index (χ3n) is 5.48. The second-order valence-electron chi connectivity index (χ2n) is 7.27. The molecule has 1 N–H and O–H groups in total. The number of benzene rings is 1. The highest BCUT2D eigenvalue weighted by Crippen LogP contribution is 2.39. The van der Waals surface area contributed by atoms with Crippen LogP contribution in [0, 0.1) is 20.8 Å². The lowest BCUT2D eigenvalue weighted by Gasteiger charge is -2.23. The highest BCUT2D eigenvalue weighted by molar-refractivity contribution is 7.14. The quantitative estimate of drug-likeness (QED) is 0.652. The standard InChI is InChI=1S/C22H23N3O2S/c1-5-15-9-10-18(28-15)21(27)16-11-19(26)23-22-20(16)14(4)24-25(22)17-8-6-7-12(2)13(17)3/h6-10,16H,5,11H2,1-4H3,(H,23,26)/t16-/m0/s1. The van der Waals surface area contributed by atoms with Crippen LogP contribution in [0.3, 0.4) is 0 Å². The Morgan fingerprint density at radius 3 is 2.75 bits per heavy atom. The Hall–Kier alpha value is -2.73. The fourth-order valence-corrected chi connectivity index (χ4v) is 4.72. The fourth-order valence-electron chi connectivity index (χ4n) is 3.78. The molecular formula is C22H23N3O2S. The number of carbonyl (C=O) groups is 2. The number of nitrogens with one attached hydrogen (secondary N) is 1. The second-order valence-corrected chi connectivity index (χ2v) is 8.44. The van der Waals surface area contributed by atoms with Crippen LogP contribution in [-0.4, -0.2) is 21.5 Å². The van der Waals surface area contributed by atoms with Crippen molar-refractivity contribution in [3.05, 3.63) is 62.5 Å². The van der Waals surface area contributed by atoms with Gasteiger partial charge in [0.25, 0.3) is 0 Å². The minimum Gasteiger partial charge on any atom is -0.310 e. The summed E-state index contributed by atoms with van der Waals surface area (Å²) in [5.74, 6) is -0.0203. The number of nitrogens with zero attached hydrogens (tertiary/aromatic N) is 2. The van der Waals surface area contributed by atoms with E-state index >= 15 is 0 Å². The molecule has 0 bridgehead atoms. The van der Waals surface area contributed by atoms with Crippen molar-refractivity contribution in [1.29, 1.82) is 0 Å². The summed E-state index contributed by atoms with van der Waals surface area (Å²) in [7, 11) is 0. The normalized spacial score (nSPS) is 16.0. The number of hydrogen-bond acceptors (Lipinski definition) is 4. The van der Waals surface area contributed by atoms with E-state index in [0.717, 1.165) is 34.5 Å². The molecule has 4 rings (SSSR count). The van der Waals surface area contributed by atoms with E-state index in [4.69, 9.17) is 5.10 Å². The molecule has 0 radical (unpaired) electrons. The maximum Gasteiger partial charge on any atom is 0.226 e. The highest BCUT2D eigenvalue weighted by atomic mass is 32.1. The van der Waals surface area contributed by atoms with Crippen molar-refractivity contribution in [2.24, 2.45) is 0 Å². The van der Waals surface area contributed by atoms with Gasteiger partial charge in [-0.1, -0.05) is 19.1 Å². The molecule has 28 heavy (non-hydrogen) atoms. The molecule has 0 unspecified atom stereocenters. The van der Waals surface area contributed by atoms with Crippen LogP contribution in [0.4, 0.5) is 5.82 Å². The largest absolute Gasteiger partial charge is 0.310 e. The molecule has 0 saturated carbocycles. The maximum atomic E-state index is 13.2. The van der Waals surface area contributed by atoms with Crippen LogP contribution in [0.5, 0.6) is 0 Å². The van der Waals surface area contributed by atoms with E-state index in [9.17, 15) is 9.59 Å². The first kappa shape index (κ1) is 18.6. The van der Waals surface area contributed by atoms with E-state index in [0.29, 0.717) is 10.7 Å². The molecule has 0 saturated heterocycles. The molecule has 0 spiro atoms. The second kappa shape index (κ2) is 7.02. The number of carbonyl (C=O) groups excluding carboxylic acids is 2. The van der Waals surface area contributed by atoms with Crippen molar-refractivity contribution >= 4 is 28.8 Å². The zero-order chi connectivity index (χ0) is 20.0. The van der Waals surface area contributed by atoms with Gasteiger partial charge >= 0.3 is 0 Å². The smallest absolute Gasteiger partial charge is 0.226 e. The highest BCUT2D eigenvalue weighted by Gasteiger charge is 2.37. The number of fused-ring (bicyclic) bond motifs is 1. The van der Waals surface area contributed by atoms with Gasteiger partial charge in [0.2, 0.25) is 5.91 Å². The van der Waals surface area contributed by atoms with Crippen LogP contribution in [-0.2, 0) is 11.2 Å². The zero-order valence-corrected chi connectivity index (χ0v) is 17.3. The molecule has 1 aliphatic heterocycles. The van der Waals surface area contributed by atoms with Gasteiger partial charge in [-0.2, -0.15) is 5.10 Å². The van der Waals surface area contributed by atoms with Gasteiger partial charge in [0.05, 0.1) is 22.2 Å². The first-order chi connectivity index (χ1) is 13.4. The molecule has 1 aromatic carbocycles. The predicted octanol–water partition coefficient (Wildman–Crippen LogP) is 4.73. The summed E-state index contributed by atoms with van der Waals surface area (Å²) >= 11 is 1.52. The first-order valence-corrected chi connectivity index (χ1v) is 10.3. The van der Waals surface area contributed by atoms with Crippen molar-refractivity contribution in [3.63, 3.8) is 0 Å². The van der Waals surface area contributed by atoms with Crippen LogP contribution in [0.15, 0.2) is 30.3 Å². The predicted molar refractivity (Wildman–Crippen MR) is 112 cm³/mol. The van der Waals surface area contributed by atoms with Crippen molar-refractivity contribution in [1.82, 2.24) is 9.78 Å². The Bertz CT molecular complexity index is 1090. The SMILES string of the molecule is CCc1ccc(C(=O)[C@H]2CC(=O)Nc3c2c(C)nn3-c2cccc(C)c2C)s1. The molecule has 3 heterocycles. The molecular weight excluding hydrogens is 370 g/mol. The van der Waals surface area contributed by atoms with Crippen LogP contribution >= 0.6 is 11.3 Å². The Balaban J connectivity index is 1.83. The molecule has 6 heteroatoms. The third kappa shape index (κ3) is 2.98. The van der Waals surface area contributed by atoms with Crippen LogP contribution in [0.25, 0.3) is 5.69 Å². The molecule has 2 aromatic heterocycles. The number of anilines is 1. The number of ketones is 1. The number of Topliss-reactive ketones (excluding diaryl/α,β-unsaturated/α-hetero) is 1. The molecule has 3 aromatic rings. The maximum absolute atomic E-state index is 13.2. The molecule has 144 valence electrons. The summed E-state index contributed by atoms with van der Waals surface area (Å²) in [6, 6.07) is 9.89. The lowest BCUT2D eigenvalue weighted by molar-refractivity contribution is -0.116. The van der Waals surface area contributed by atoms with Gasteiger partial charge in [-0.25, -0.2) is 4.68 Å². The molecule has 1 amide bonds. The van der Waals surface area contributed by atoms with Gasteiger partial charge in [-0.3, -0.25) is 9.59 Å². The summed E-state index contributed by atoms with van der Waals surface area (Å²) < 4.78 is 1.77. The van der Waals surface area contributed by atoms with E-state index < -0.39 is 5.92 Å². The van der Waals surface area contributed by atoms with Crippen molar-refractivity contribution in [2.45, 2.75) is 46.5 Å². The van der Waals surface area contributed by atoms with E-state index in [-0.39, 0.29) is 18.1 Å². The number of amides is 1. The van der Waals surface area contributed by atoms with Crippen LogP contribution in [0.2, 0.25) is 0 Å². The number of aromatic nitrogens is 2. The van der Waals surface area contributed by atoms with Gasteiger partial charge < -0.3 is 5.32 Å². The lowest BCUT2D eigenvalue weighted by Crippen LogP contribution is -2.28. The number of aryl methyl sites for hydroxylation is 3. The molecule has 1 aliphatic rings. The molecule has 0 aliphatic carbocycles. The third-order valence-corrected chi connectivity index (χ3v) is 6.72. The average Bonchev–Trinajstić information content (AvgIpc) is 3.28. The summed E-state index contributed by atoms with van der Waals surface area (Å²) in [5, 5.41) is 7.66. The first-order valence-electron chi connectivity index (χ1n) is 9.49. The topological polar surface area (TPSA) is 64.0 Å². The fraction of sp³-hybridized carbons (Fsp3) is 0.318. The van der Waals surface area contributed by atoms with E-state index in [2.05, 4.69) is 25.2 Å². The number of thiophene rings is 1. The number of rotatable bonds is 4. The summed E-state index contributed by atoms with van der Waals surface area (Å²) in [6.45, 7) is 8.07. The minimum absolute atomic E-state index is 0.00409. The molecule has 1 atom stereocenters. The van der Waals surface area contributed by atoms with Crippen molar-refractivity contribution < 1.29 is 9.59 Å². The average molecular weight is 394 g/mol. The van der Waals surface area contributed by atoms with Crippen molar-refractivity contribution in [3.8, 4) is 5.69 Å². The Morgan fingerprint density at radius 2 is 2.04 bits per heavy atom. The van der Waals surface area contributed by atoms with Gasteiger partial charge in [-0.05, 0) is 56.5 Å². The lowest BCUT2D eigenvalue weighted by atomic mass is 9.87. The van der Waals surface area contributed by atoms with E-state index in [1.807, 2.05) is 38.1 Å². The van der Waals surface area contributed by atoms with E-state index in [1.54, 1.807) is 4.68 Å². The molecule has 0 fully saturated rings. The van der Waals surface area contributed by atoms with Crippen molar-refractivity contribution in [2.75, 3.05) is 5.32 Å². The van der Waals surface area contributed by atoms with Crippen LogP contribution < -0.4 is 5.32 Å². The van der Waals surface area contributed by atoms with Gasteiger partial charge in [0.15, 0.2) is 5.78 Å². The van der Waals surface area contributed by atoms with Crippen LogP contribution in [0.1, 0.15) is 56.2 Å². The van der Waals surface area contributed by atoms with Gasteiger partial charge in [0, 0.05) is 16.9 Å². The monoisotopic (exact) mass is 393 g/mol. The Morgan fingerprint density at radius 1 is 1.25 bits per heavy atom. The zero-order valence-electron chi connectivity index (χ0n) is 16.5. The Labute approximate surface area is 168 Å². The molecule has 5 nitrogen and oxygen atoms in total. The Kier molecular flexibility index (Phi) is 4.67. The summed E-state index contributed by atoms with van der Waals surface area (Å²) in [4.78, 5) is 27.6. The van der Waals surface area contributed by atoms with Gasteiger partial charge in [0.1, 0.15) is 5.82 Å². The number of hydrogen-bond donors (Lipinski definition) is 1. The van der Waals surface area contributed by atoms with Gasteiger partial charge in [-0.15, -0.1) is 11.3 Å². The van der Waals surface area contributed by atoms with E-state index in [1.165, 1.54) is 16.2 Å².